The minimum Gasteiger partial charge on any atom is -0.497 e. The van der Waals surface area contributed by atoms with Gasteiger partial charge in [0.2, 0.25) is 5.91 Å². The zero-order valence-corrected chi connectivity index (χ0v) is 10.2. The zero-order valence-electron chi connectivity index (χ0n) is 8.60. The number of halogens is 1. The van der Waals surface area contributed by atoms with Crippen LogP contribution < -0.4 is 10.1 Å². The topological polar surface area (TPSA) is 50.7 Å². The molecule has 4 nitrogen and oxygen atoms in total. The number of amides is 1. The molecule has 0 unspecified atom stereocenters. The fourth-order valence-electron chi connectivity index (χ4n) is 1.16. The molecule has 1 aromatic rings. The van der Waals surface area contributed by atoms with E-state index in [1.54, 1.807) is 7.11 Å². The van der Waals surface area contributed by atoms with E-state index in [0.717, 1.165) is 11.4 Å². The molecule has 86 valence electrons. The van der Waals surface area contributed by atoms with Crippen LogP contribution in [0.3, 0.4) is 0 Å². The van der Waals surface area contributed by atoms with E-state index >= 15 is 0 Å². The van der Waals surface area contributed by atoms with Gasteiger partial charge in [-0.1, -0.05) is 11.8 Å². The number of aliphatic imine (C=N–C) groups is 1. The quantitative estimate of drug-likeness (QED) is 0.882. The summed E-state index contributed by atoms with van der Waals surface area (Å²) in [7, 11) is 1.62. The lowest BCUT2D eigenvalue weighted by Gasteiger charge is -1.99. The van der Waals surface area contributed by atoms with E-state index in [4.69, 9.17) is 4.74 Å². The smallest absolute Gasteiger partial charge is 0.236 e. The van der Waals surface area contributed by atoms with Crippen LogP contribution in [0, 0.1) is 0 Å². The van der Waals surface area contributed by atoms with Gasteiger partial charge in [-0.3, -0.25) is 4.79 Å². The van der Waals surface area contributed by atoms with Crippen molar-refractivity contribution in [1.82, 2.24) is 5.32 Å². The van der Waals surface area contributed by atoms with Gasteiger partial charge < -0.3 is 10.1 Å². The molecule has 16 heavy (non-hydrogen) atoms. The summed E-state index contributed by atoms with van der Waals surface area (Å²) in [6.45, 7) is 0. The highest BCUT2D eigenvalue weighted by Gasteiger charge is 2.15. The number of nitrogens with one attached hydrogen (secondary N) is 1. The van der Waals surface area contributed by atoms with Crippen molar-refractivity contribution < 1.29 is 9.53 Å². The summed E-state index contributed by atoms with van der Waals surface area (Å²) in [4.78, 5) is 15.2. The summed E-state index contributed by atoms with van der Waals surface area (Å²) in [5.41, 5.74) is 0.806. The van der Waals surface area contributed by atoms with Gasteiger partial charge in [-0.25, -0.2) is 4.99 Å². The molecule has 1 aromatic carbocycles. The highest BCUT2D eigenvalue weighted by atomic mass is 35.5. The molecule has 1 aliphatic heterocycles. The van der Waals surface area contributed by atoms with Crippen molar-refractivity contribution in [3.8, 4) is 5.75 Å². The molecular formula is C10H11ClN2O2S. The lowest BCUT2D eigenvalue weighted by molar-refractivity contribution is -0.116. The first kappa shape index (κ1) is 12.9. The number of ether oxygens (including phenoxy) is 1. The van der Waals surface area contributed by atoms with Crippen LogP contribution >= 0.6 is 24.2 Å². The number of carbonyl (C=O) groups excluding carboxylic acids is 1. The normalized spacial score (nSPS) is 16.8. The molecule has 2 rings (SSSR count). The van der Waals surface area contributed by atoms with Gasteiger partial charge in [-0.2, -0.15) is 0 Å². The van der Waals surface area contributed by atoms with Gasteiger partial charge in [0.15, 0.2) is 5.17 Å². The van der Waals surface area contributed by atoms with Gasteiger partial charge >= 0.3 is 0 Å². The van der Waals surface area contributed by atoms with Gasteiger partial charge in [-0.15, -0.1) is 12.4 Å². The molecule has 1 amide bonds. The van der Waals surface area contributed by atoms with Crippen molar-refractivity contribution in [1.29, 1.82) is 0 Å². The summed E-state index contributed by atoms with van der Waals surface area (Å²) in [5.74, 6) is 1.25. The zero-order chi connectivity index (χ0) is 10.7. The molecule has 0 aromatic heterocycles. The molecular weight excluding hydrogens is 248 g/mol. The highest BCUT2D eigenvalue weighted by Crippen LogP contribution is 2.20. The Morgan fingerprint density at radius 1 is 1.38 bits per heavy atom. The number of hydrogen-bond acceptors (Lipinski definition) is 4. The summed E-state index contributed by atoms with van der Waals surface area (Å²) in [6, 6.07) is 7.36. The Labute approximate surface area is 104 Å². The fraction of sp³-hybridized carbons (Fsp3) is 0.200. The lowest BCUT2D eigenvalue weighted by atomic mass is 10.3. The second-order valence-corrected chi connectivity index (χ2v) is 3.92. The van der Waals surface area contributed by atoms with Crippen LogP contribution in [0.15, 0.2) is 29.3 Å². The van der Waals surface area contributed by atoms with Crippen molar-refractivity contribution in [2.45, 2.75) is 0 Å². The van der Waals surface area contributed by atoms with Crippen LogP contribution in [0.2, 0.25) is 0 Å². The molecule has 1 saturated heterocycles. The van der Waals surface area contributed by atoms with E-state index in [0.29, 0.717) is 10.9 Å². The number of nitrogens with zero attached hydrogens (tertiary/aromatic N) is 1. The van der Waals surface area contributed by atoms with Gasteiger partial charge in [0, 0.05) is 0 Å². The van der Waals surface area contributed by atoms with E-state index < -0.39 is 0 Å². The molecule has 0 bridgehead atoms. The van der Waals surface area contributed by atoms with E-state index in [2.05, 4.69) is 10.3 Å². The molecule has 0 saturated carbocycles. The minimum atomic E-state index is 0. The largest absolute Gasteiger partial charge is 0.497 e. The second-order valence-electron chi connectivity index (χ2n) is 2.95. The average Bonchev–Trinajstić information content (AvgIpc) is 2.65. The van der Waals surface area contributed by atoms with E-state index in [1.165, 1.54) is 11.8 Å². The maximum absolute atomic E-state index is 10.9. The molecule has 0 aliphatic carbocycles. The molecule has 0 spiro atoms. The maximum atomic E-state index is 10.9. The third-order valence-electron chi connectivity index (χ3n) is 1.89. The number of carbonyl (C=O) groups is 1. The Bertz CT molecular complexity index is 406. The van der Waals surface area contributed by atoms with Crippen molar-refractivity contribution in [3.63, 3.8) is 0 Å². The van der Waals surface area contributed by atoms with E-state index in [9.17, 15) is 4.79 Å². The van der Waals surface area contributed by atoms with Crippen LogP contribution in [0.25, 0.3) is 0 Å². The number of thioether (sulfide) groups is 1. The monoisotopic (exact) mass is 258 g/mol. The number of methoxy groups -OCH3 is 1. The Hall–Kier alpha value is -1.20. The Morgan fingerprint density at radius 3 is 2.56 bits per heavy atom. The van der Waals surface area contributed by atoms with Crippen LogP contribution in [-0.4, -0.2) is 23.9 Å². The van der Waals surface area contributed by atoms with Crippen LogP contribution in [0.5, 0.6) is 5.75 Å². The molecule has 1 heterocycles. The minimum absolute atomic E-state index is 0. The lowest BCUT2D eigenvalue weighted by Crippen LogP contribution is -2.19. The van der Waals surface area contributed by atoms with Crippen LogP contribution in [0.4, 0.5) is 5.69 Å². The number of rotatable bonds is 2. The van der Waals surface area contributed by atoms with Crippen molar-refractivity contribution in [2.75, 3.05) is 12.9 Å². The first-order chi connectivity index (χ1) is 7.28. The summed E-state index contributed by atoms with van der Waals surface area (Å²) in [5, 5.41) is 3.33. The summed E-state index contributed by atoms with van der Waals surface area (Å²) in [6.07, 6.45) is 0. The van der Waals surface area contributed by atoms with Crippen molar-refractivity contribution >= 4 is 40.9 Å². The predicted molar refractivity (Wildman–Crippen MR) is 67.9 cm³/mol. The fourth-order valence-corrected chi connectivity index (χ4v) is 1.86. The van der Waals surface area contributed by atoms with Crippen LogP contribution in [0.1, 0.15) is 0 Å². The third kappa shape index (κ3) is 3.15. The molecule has 0 radical (unpaired) electrons. The Balaban J connectivity index is 0.00000128. The van der Waals surface area contributed by atoms with Crippen LogP contribution in [-0.2, 0) is 4.79 Å². The van der Waals surface area contributed by atoms with Gasteiger partial charge in [0.25, 0.3) is 0 Å². The van der Waals surface area contributed by atoms with Gasteiger partial charge in [-0.05, 0) is 24.3 Å². The predicted octanol–water partition coefficient (Wildman–Crippen LogP) is 1.97. The first-order valence-electron chi connectivity index (χ1n) is 4.43. The third-order valence-corrected chi connectivity index (χ3v) is 2.76. The molecule has 1 fully saturated rings. The summed E-state index contributed by atoms with van der Waals surface area (Å²) >= 11 is 1.41. The first-order valence-corrected chi connectivity index (χ1v) is 5.42. The van der Waals surface area contributed by atoms with Crippen molar-refractivity contribution in [3.05, 3.63) is 24.3 Å². The van der Waals surface area contributed by atoms with E-state index in [1.807, 2.05) is 24.3 Å². The Kier molecular flexibility index (Phi) is 4.64. The number of hydrogen-bond donors (Lipinski definition) is 1. The molecule has 6 heteroatoms. The number of amidine groups is 1. The molecule has 1 N–H and O–H groups in total. The van der Waals surface area contributed by atoms with Gasteiger partial charge in [0.05, 0.1) is 18.6 Å². The molecule has 1 aliphatic rings. The highest BCUT2D eigenvalue weighted by molar-refractivity contribution is 8.15. The maximum Gasteiger partial charge on any atom is 0.236 e. The standard InChI is InChI=1S/C10H10N2O2S.ClH/c1-14-8-4-2-7(3-5-8)11-10-12-9(13)6-15-10;/h2-5H,6H2,1H3,(H,11,12,13);1H. The Morgan fingerprint density at radius 2 is 2.06 bits per heavy atom. The van der Waals surface area contributed by atoms with E-state index in [-0.39, 0.29) is 18.3 Å². The summed E-state index contributed by atoms with van der Waals surface area (Å²) < 4.78 is 5.03. The molecule has 0 atom stereocenters. The average molecular weight is 259 g/mol. The van der Waals surface area contributed by atoms with Crippen molar-refractivity contribution in [2.24, 2.45) is 4.99 Å². The number of benzene rings is 1. The second kappa shape index (κ2) is 5.77. The van der Waals surface area contributed by atoms with Gasteiger partial charge in [0.1, 0.15) is 5.75 Å². The SMILES string of the molecule is COc1ccc(N=C2NC(=O)CS2)cc1.Cl.